The van der Waals surface area contributed by atoms with Gasteiger partial charge in [0.1, 0.15) is 11.6 Å². The molecule has 1 aromatic rings. The van der Waals surface area contributed by atoms with Gasteiger partial charge in [0.05, 0.1) is 6.42 Å². The van der Waals surface area contributed by atoms with Gasteiger partial charge in [-0.1, -0.05) is 19.1 Å². The van der Waals surface area contributed by atoms with Gasteiger partial charge in [-0.15, -0.1) is 0 Å². The van der Waals surface area contributed by atoms with Crippen LogP contribution in [0.25, 0.3) is 0 Å². The fourth-order valence-electron chi connectivity index (χ4n) is 1.77. The third-order valence-electron chi connectivity index (χ3n) is 3.09. The predicted octanol–water partition coefficient (Wildman–Crippen LogP) is 2.96. The molecule has 0 saturated carbocycles. The molecule has 0 saturated heterocycles. The highest BCUT2D eigenvalue weighted by atomic mass is 16.2. The second-order valence-corrected chi connectivity index (χ2v) is 4.97. The maximum absolute atomic E-state index is 11.8. The van der Waals surface area contributed by atoms with Gasteiger partial charge in [-0.3, -0.25) is 14.4 Å². The lowest BCUT2D eigenvalue weighted by Crippen LogP contribution is -2.15. The first-order chi connectivity index (χ1) is 9.42. The molecule has 0 spiro atoms. The Morgan fingerprint density at radius 2 is 1.75 bits per heavy atom. The van der Waals surface area contributed by atoms with Crippen LogP contribution in [0.2, 0.25) is 0 Å². The number of Topliss-reactive ketones (excluding diaryl/α,β-unsaturated/α-hetero) is 2. The van der Waals surface area contributed by atoms with Crippen molar-refractivity contribution in [3.05, 3.63) is 29.3 Å². The van der Waals surface area contributed by atoms with Gasteiger partial charge in [0, 0.05) is 24.9 Å². The molecule has 0 aliphatic carbocycles. The number of ketones is 2. The number of benzene rings is 1. The molecule has 0 aliphatic heterocycles. The number of hydrogen-bond acceptors (Lipinski definition) is 3. The minimum Gasteiger partial charge on any atom is -0.326 e. The Balaban J connectivity index is 2.46. The Hall–Kier alpha value is -1.97. The van der Waals surface area contributed by atoms with Crippen molar-refractivity contribution in [2.45, 2.75) is 46.5 Å². The number of hydrogen-bond donors (Lipinski definition) is 1. The topological polar surface area (TPSA) is 63.2 Å². The van der Waals surface area contributed by atoms with E-state index in [-0.39, 0.29) is 36.7 Å². The maximum atomic E-state index is 11.8. The van der Waals surface area contributed by atoms with Crippen molar-refractivity contribution in [1.29, 1.82) is 0 Å². The van der Waals surface area contributed by atoms with Crippen molar-refractivity contribution >= 4 is 23.2 Å². The van der Waals surface area contributed by atoms with Gasteiger partial charge in [-0.05, 0) is 31.0 Å². The van der Waals surface area contributed by atoms with E-state index in [9.17, 15) is 14.4 Å². The highest BCUT2D eigenvalue weighted by Gasteiger charge is 2.11. The SMILES string of the molecule is CCC(=O)CC(=O)CCC(=O)Nc1cc(C)ccc1C. The van der Waals surface area contributed by atoms with Crippen molar-refractivity contribution in [1.82, 2.24) is 0 Å². The standard InChI is InChI=1S/C16H21NO3/c1-4-13(18)10-14(19)7-8-16(20)17-15-9-11(2)5-6-12(15)3/h5-6,9H,4,7-8,10H2,1-3H3,(H,17,20). The van der Waals surface area contributed by atoms with E-state index in [0.29, 0.717) is 6.42 Å². The Morgan fingerprint density at radius 3 is 2.40 bits per heavy atom. The average molecular weight is 275 g/mol. The van der Waals surface area contributed by atoms with Crippen LogP contribution < -0.4 is 5.32 Å². The molecule has 1 rings (SSSR count). The lowest BCUT2D eigenvalue weighted by Gasteiger charge is -2.09. The molecule has 0 atom stereocenters. The second kappa shape index (κ2) is 7.58. The van der Waals surface area contributed by atoms with E-state index < -0.39 is 0 Å². The van der Waals surface area contributed by atoms with E-state index in [2.05, 4.69) is 5.32 Å². The van der Waals surface area contributed by atoms with Crippen LogP contribution in [0.15, 0.2) is 18.2 Å². The zero-order chi connectivity index (χ0) is 15.1. The minimum atomic E-state index is -0.198. The summed E-state index contributed by atoms with van der Waals surface area (Å²) >= 11 is 0. The molecule has 108 valence electrons. The minimum absolute atomic E-state index is 0.0622. The molecule has 4 nitrogen and oxygen atoms in total. The van der Waals surface area contributed by atoms with Crippen LogP contribution in [0, 0.1) is 13.8 Å². The van der Waals surface area contributed by atoms with Crippen LogP contribution in [0.4, 0.5) is 5.69 Å². The van der Waals surface area contributed by atoms with Gasteiger partial charge in [-0.2, -0.15) is 0 Å². The van der Waals surface area contributed by atoms with Crippen LogP contribution in [-0.2, 0) is 14.4 Å². The molecule has 1 N–H and O–H groups in total. The molecule has 20 heavy (non-hydrogen) atoms. The summed E-state index contributed by atoms with van der Waals surface area (Å²) in [6.07, 6.45) is 0.527. The van der Waals surface area contributed by atoms with Crippen molar-refractivity contribution < 1.29 is 14.4 Å². The molecule has 0 radical (unpaired) electrons. The first-order valence-corrected chi connectivity index (χ1v) is 6.83. The van der Waals surface area contributed by atoms with E-state index in [1.54, 1.807) is 6.92 Å². The van der Waals surface area contributed by atoms with Gasteiger partial charge < -0.3 is 5.32 Å². The Labute approximate surface area is 119 Å². The van der Waals surface area contributed by atoms with Crippen LogP contribution in [0.1, 0.15) is 43.7 Å². The molecule has 0 heterocycles. The molecule has 0 unspecified atom stereocenters. The van der Waals surface area contributed by atoms with Crippen molar-refractivity contribution in [2.24, 2.45) is 0 Å². The van der Waals surface area contributed by atoms with Crippen molar-refractivity contribution in [3.63, 3.8) is 0 Å². The van der Waals surface area contributed by atoms with E-state index in [1.807, 2.05) is 32.0 Å². The fraction of sp³-hybridized carbons (Fsp3) is 0.438. The molecule has 1 aromatic carbocycles. The molecule has 4 heteroatoms. The molecule has 0 aromatic heterocycles. The summed E-state index contributed by atoms with van der Waals surface area (Å²) in [4.78, 5) is 34.4. The Morgan fingerprint density at radius 1 is 1.05 bits per heavy atom. The summed E-state index contributed by atoms with van der Waals surface area (Å²) < 4.78 is 0. The average Bonchev–Trinajstić information content (AvgIpc) is 2.40. The van der Waals surface area contributed by atoms with Gasteiger partial charge in [0.2, 0.25) is 5.91 Å². The molecular weight excluding hydrogens is 254 g/mol. The number of carbonyl (C=O) groups is 3. The number of rotatable bonds is 7. The van der Waals surface area contributed by atoms with Crippen LogP contribution in [0.5, 0.6) is 0 Å². The summed E-state index contributed by atoms with van der Waals surface area (Å²) in [5, 5.41) is 2.80. The van der Waals surface area contributed by atoms with Crippen LogP contribution in [0.3, 0.4) is 0 Å². The lowest BCUT2D eigenvalue weighted by molar-refractivity contribution is -0.128. The second-order valence-electron chi connectivity index (χ2n) is 4.97. The fourth-order valence-corrected chi connectivity index (χ4v) is 1.77. The zero-order valence-electron chi connectivity index (χ0n) is 12.3. The third kappa shape index (κ3) is 5.34. The van der Waals surface area contributed by atoms with E-state index in [4.69, 9.17) is 0 Å². The zero-order valence-corrected chi connectivity index (χ0v) is 12.3. The number of aryl methyl sites for hydroxylation is 2. The Bertz CT molecular complexity index is 520. The maximum Gasteiger partial charge on any atom is 0.224 e. The summed E-state index contributed by atoms with van der Waals surface area (Å²) in [6, 6.07) is 5.82. The van der Waals surface area contributed by atoms with Gasteiger partial charge in [0.25, 0.3) is 0 Å². The monoisotopic (exact) mass is 275 g/mol. The highest BCUT2D eigenvalue weighted by molar-refractivity contribution is 6.01. The quantitative estimate of drug-likeness (QED) is 0.778. The normalized spacial score (nSPS) is 10.2. The van der Waals surface area contributed by atoms with E-state index in [1.165, 1.54) is 0 Å². The largest absolute Gasteiger partial charge is 0.326 e. The molecule has 0 fully saturated rings. The highest BCUT2D eigenvalue weighted by Crippen LogP contribution is 2.16. The summed E-state index contributed by atoms with van der Waals surface area (Å²) in [5.41, 5.74) is 2.82. The third-order valence-corrected chi connectivity index (χ3v) is 3.09. The van der Waals surface area contributed by atoms with Crippen molar-refractivity contribution in [3.8, 4) is 0 Å². The van der Waals surface area contributed by atoms with E-state index in [0.717, 1.165) is 16.8 Å². The van der Waals surface area contributed by atoms with Crippen molar-refractivity contribution in [2.75, 3.05) is 5.32 Å². The number of amides is 1. The van der Waals surface area contributed by atoms with Gasteiger partial charge in [0.15, 0.2) is 0 Å². The summed E-state index contributed by atoms with van der Waals surface area (Å²) in [6.45, 7) is 5.60. The first kappa shape index (κ1) is 16.1. The number of nitrogens with one attached hydrogen (secondary N) is 1. The number of carbonyl (C=O) groups excluding carboxylic acids is 3. The van der Waals surface area contributed by atoms with Gasteiger partial charge >= 0.3 is 0 Å². The molecular formula is C16H21NO3. The summed E-state index contributed by atoms with van der Waals surface area (Å²) in [5.74, 6) is -0.450. The smallest absolute Gasteiger partial charge is 0.224 e. The number of anilines is 1. The predicted molar refractivity (Wildman–Crippen MR) is 78.7 cm³/mol. The molecule has 1 amide bonds. The van der Waals surface area contributed by atoms with Crippen LogP contribution >= 0.6 is 0 Å². The first-order valence-electron chi connectivity index (χ1n) is 6.83. The lowest BCUT2D eigenvalue weighted by atomic mass is 10.1. The Kier molecular flexibility index (Phi) is 6.10. The summed E-state index contributed by atoms with van der Waals surface area (Å²) in [7, 11) is 0. The molecule has 0 bridgehead atoms. The van der Waals surface area contributed by atoms with Gasteiger partial charge in [-0.25, -0.2) is 0 Å². The molecule has 0 aliphatic rings. The van der Waals surface area contributed by atoms with E-state index >= 15 is 0 Å². The van der Waals surface area contributed by atoms with Crippen LogP contribution in [-0.4, -0.2) is 17.5 Å².